The maximum Gasteiger partial charge on any atom is 0.193 e. The number of guanidine groups is 1. The Bertz CT molecular complexity index is 564. The monoisotopic (exact) mass is 501 g/mol. The molecule has 1 aromatic rings. The molecule has 0 aliphatic carbocycles. The number of likely N-dealkylation sites (tertiary alicyclic amines) is 1. The molecule has 1 aromatic carbocycles. The molecule has 1 N–H and O–H groups in total. The van der Waals surface area contributed by atoms with E-state index in [9.17, 15) is 0 Å². The Labute approximate surface area is 187 Å². The molecule has 2 aliphatic heterocycles. The molecule has 0 saturated carbocycles. The summed E-state index contributed by atoms with van der Waals surface area (Å²) in [4.78, 5) is 7.26. The van der Waals surface area contributed by atoms with Gasteiger partial charge in [-0.1, -0.05) is 30.3 Å². The fourth-order valence-corrected chi connectivity index (χ4v) is 3.88. The van der Waals surface area contributed by atoms with Gasteiger partial charge < -0.3 is 19.7 Å². The van der Waals surface area contributed by atoms with E-state index in [0.717, 1.165) is 77.8 Å². The second kappa shape index (κ2) is 13.4. The molecule has 5 nitrogen and oxygen atoms in total. The molecule has 2 saturated heterocycles. The minimum atomic E-state index is 0. The average Bonchev–Trinajstić information content (AvgIpc) is 3.36. The largest absolute Gasteiger partial charge is 0.381 e. The molecule has 28 heavy (non-hydrogen) atoms. The lowest BCUT2D eigenvalue weighted by molar-refractivity contribution is 0.0893. The van der Waals surface area contributed by atoms with Crippen molar-refractivity contribution in [2.75, 3.05) is 52.6 Å². The number of benzene rings is 1. The average molecular weight is 501 g/mol. The van der Waals surface area contributed by atoms with Gasteiger partial charge in [-0.2, -0.15) is 0 Å². The predicted octanol–water partition coefficient (Wildman–Crippen LogP) is 3.58. The van der Waals surface area contributed by atoms with Gasteiger partial charge >= 0.3 is 0 Å². The lowest BCUT2D eigenvalue weighted by atomic mass is 9.99. The van der Waals surface area contributed by atoms with Gasteiger partial charge in [-0.05, 0) is 44.1 Å². The lowest BCUT2D eigenvalue weighted by Crippen LogP contribution is -2.40. The minimum absolute atomic E-state index is 0. The zero-order valence-electron chi connectivity index (χ0n) is 17.1. The van der Waals surface area contributed by atoms with Crippen LogP contribution in [0, 0.1) is 11.8 Å². The Kier molecular flexibility index (Phi) is 11.2. The number of ether oxygens (including phenoxy) is 2. The van der Waals surface area contributed by atoms with Gasteiger partial charge in [0.2, 0.25) is 0 Å². The van der Waals surface area contributed by atoms with Crippen molar-refractivity contribution in [1.29, 1.82) is 0 Å². The maximum absolute atomic E-state index is 5.79. The van der Waals surface area contributed by atoms with Crippen molar-refractivity contribution in [3.8, 4) is 0 Å². The van der Waals surface area contributed by atoms with E-state index in [1.165, 1.54) is 12.0 Å². The molecule has 0 amide bonds. The number of rotatable bonds is 9. The number of hydrogen-bond acceptors (Lipinski definition) is 3. The Morgan fingerprint density at radius 1 is 1.25 bits per heavy atom. The van der Waals surface area contributed by atoms with Crippen LogP contribution >= 0.6 is 24.0 Å². The highest BCUT2D eigenvalue weighted by Crippen LogP contribution is 2.21. The SMILES string of the molecule is CCNC(=NCCCOCC1CCOC1)N1CCC(Cc2ccccc2)C1.I. The fourth-order valence-electron chi connectivity index (χ4n) is 3.88. The first kappa shape index (κ1) is 23.4. The summed E-state index contributed by atoms with van der Waals surface area (Å²) in [5, 5.41) is 3.46. The van der Waals surface area contributed by atoms with E-state index in [1.54, 1.807) is 0 Å². The molecule has 0 radical (unpaired) electrons. The van der Waals surface area contributed by atoms with Gasteiger partial charge in [0, 0.05) is 45.3 Å². The second-order valence-electron chi connectivity index (χ2n) is 7.68. The highest BCUT2D eigenvalue weighted by atomic mass is 127. The summed E-state index contributed by atoms with van der Waals surface area (Å²) in [5.41, 5.74) is 1.44. The van der Waals surface area contributed by atoms with Crippen molar-refractivity contribution in [1.82, 2.24) is 10.2 Å². The van der Waals surface area contributed by atoms with Crippen molar-refractivity contribution < 1.29 is 9.47 Å². The number of halogens is 1. The number of hydrogen-bond donors (Lipinski definition) is 1. The molecule has 0 bridgehead atoms. The van der Waals surface area contributed by atoms with Crippen LogP contribution in [0.25, 0.3) is 0 Å². The van der Waals surface area contributed by atoms with Crippen molar-refractivity contribution in [2.45, 2.75) is 32.6 Å². The third-order valence-electron chi connectivity index (χ3n) is 5.37. The first-order valence-electron chi connectivity index (χ1n) is 10.6. The van der Waals surface area contributed by atoms with Gasteiger partial charge in [0.15, 0.2) is 5.96 Å². The van der Waals surface area contributed by atoms with Gasteiger partial charge in [0.05, 0.1) is 13.2 Å². The van der Waals surface area contributed by atoms with Crippen LogP contribution in [0.2, 0.25) is 0 Å². The molecule has 2 atom stereocenters. The Balaban J connectivity index is 0.00000280. The van der Waals surface area contributed by atoms with Gasteiger partial charge in [-0.3, -0.25) is 4.99 Å². The summed E-state index contributed by atoms with van der Waals surface area (Å²) in [6, 6.07) is 10.8. The summed E-state index contributed by atoms with van der Waals surface area (Å²) in [7, 11) is 0. The van der Waals surface area contributed by atoms with E-state index in [1.807, 2.05) is 0 Å². The molecule has 2 aliphatic rings. The first-order valence-corrected chi connectivity index (χ1v) is 10.6. The number of nitrogens with one attached hydrogen (secondary N) is 1. The van der Waals surface area contributed by atoms with Gasteiger partial charge in [-0.25, -0.2) is 0 Å². The van der Waals surface area contributed by atoms with E-state index in [4.69, 9.17) is 14.5 Å². The topological polar surface area (TPSA) is 46.1 Å². The summed E-state index contributed by atoms with van der Waals surface area (Å²) in [6.07, 6.45) is 4.52. The Hall–Kier alpha value is -0.860. The Morgan fingerprint density at radius 3 is 2.86 bits per heavy atom. The molecule has 0 aromatic heterocycles. The summed E-state index contributed by atoms with van der Waals surface area (Å²) in [5.74, 6) is 2.38. The predicted molar refractivity (Wildman–Crippen MR) is 126 cm³/mol. The van der Waals surface area contributed by atoms with Crippen LogP contribution in [0.5, 0.6) is 0 Å². The molecular weight excluding hydrogens is 465 g/mol. The maximum atomic E-state index is 5.79. The second-order valence-corrected chi connectivity index (χ2v) is 7.68. The number of nitrogens with zero attached hydrogens (tertiary/aromatic N) is 2. The van der Waals surface area contributed by atoms with Crippen LogP contribution < -0.4 is 5.32 Å². The van der Waals surface area contributed by atoms with Crippen molar-refractivity contribution in [3.63, 3.8) is 0 Å². The van der Waals surface area contributed by atoms with Crippen LogP contribution in [0.15, 0.2) is 35.3 Å². The fraction of sp³-hybridized carbons (Fsp3) is 0.682. The smallest absolute Gasteiger partial charge is 0.193 e. The standard InChI is InChI=1S/C22H35N3O2.HI/c1-2-23-22(24-11-6-13-26-17-21-10-14-27-18-21)25-12-9-20(16-25)15-19-7-4-3-5-8-19;/h3-5,7-8,20-21H,2,6,9-18H2,1H3,(H,23,24);1H. The summed E-state index contributed by atoms with van der Waals surface area (Å²) < 4.78 is 11.2. The molecular formula is C22H36IN3O2. The van der Waals surface area contributed by atoms with Crippen molar-refractivity contribution in [2.24, 2.45) is 16.8 Å². The Morgan fingerprint density at radius 2 is 2.11 bits per heavy atom. The zero-order valence-corrected chi connectivity index (χ0v) is 19.5. The molecule has 6 heteroatoms. The van der Waals surface area contributed by atoms with E-state index < -0.39 is 0 Å². The van der Waals surface area contributed by atoms with Gasteiger partial charge in [0.25, 0.3) is 0 Å². The third kappa shape index (κ3) is 7.87. The first-order chi connectivity index (χ1) is 13.3. The van der Waals surface area contributed by atoms with Crippen LogP contribution in [0.3, 0.4) is 0 Å². The van der Waals surface area contributed by atoms with Crippen molar-refractivity contribution >= 4 is 29.9 Å². The normalized spacial score (nSPS) is 22.3. The van der Waals surface area contributed by atoms with Gasteiger partial charge in [0.1, 0.15) is 0 Å². The minimum Gasteiger partial charge on any atom is -0.381 e. The highest BCUT2D eigenvalue weighted by molar-refractivity contribution is 14.0. The summed E-state index contributed by atoms with van der Waals surface area (Å²) >= 11 is 0. The molecule has 2 heterocycles. The van der Waals surface area contributed by atoms with Crippen LogP contribution in [-0.4, -0.2) is 63.5 Å². The van der Waals surface area contributed by atoms with E-state index >= 15 is 0 Å². The molecule has 2 fully saturated rings. The molecule has 2 unspecified atom stereocenters. The van der Waals surface area contributed by atoms with Crippen LogP contribution in [-0.2, 0) is 15.9 Å². The molecule has 158 valence electrons. The number of aliphatic imine (C=N–C) groups is 1. The van der Waals surface area contributed by atoms with E-state index in [-0.39, 0.29) is 24.0 Å². The van der Waals surface area contributed by atoms with Gasteiger partial charge in [-0.15, -0.1) is 24.0 Å². The third-order valence-corrected chi connectivity index (χ3v) is 5.37. The summed E-state index contributed by atoms with van der Waals surface area (Å²) in [6.45, 7) is 9.45. The van der Waals surface area contributed by atoms with Crippen LogP contribution in [0.4, 0.5) is 0 Å². The zero-order chi connectivity index (χ0) is 18.7. The van der Waals surface area contributed by atoms with E-state index in [2.05, 4.69) is 47.5 Å². The van der Waals surface area contributed by atoms with E-state index in [0.29, 0.717) is 11.8 Å². The molecule has 3 rings (SSSR count). The molecule has 0 spiro atoms. The van der Waals surface area contributed by atoms with Crippen LogP contribution in [0.1, 0.15) is 31.7 Å². The lowest BCUT2D eigenvalue weighted by Gasteiger charge is -2.21. The quantitative estimate of drug-likeness (QED) is 0.243. The highest BCUT2D eigenvalue weighted by Gasteiger charge is 2.24. The van der Waals surface area contributed by atoms with Crippen molar-refractivity contribution in [3.05, 3.63) is 35.9 Å².